The molecule has 0 bridgehead atoms. The second kappa shape index (κ2) is 11.6. The van der Waals surface area contributed by atoms with Crippen molar-refractivity contribution in [3.8, 4) is 0 Å². The maximum atomic E-state index is 12.4. The summed E-state index contributed by atoms with van der Waals surface area (Å²) in [5, 5.41) is 6.35. The van der Waals surface area contributed by atoms with E-state index in [1.54, 1.807) is 0 Å². The fourth-order valence-corrected chi connectivity index (χ4v) is 2.32. The first kappa shape index (κ1) is 19.9. The van der Waals surface area contributed by atoms with Crippen LogP contribution in [0.1, 0.15) is 45.1 Å². The van der Waals surface area contributed by atoms with Crippen LogP contribution in [-0.4, -0.2) is 25.5 Å². The minimum atomic E-state index is -0.0487. The van der Waals surface area contributed by atoms with Crippen LogP contribution >= 0.6 is 12.4 Å². The zero-order chi connectivity index (χ0) is 14.8. The third-order valence-electron chi connectivity index (χ3n) is 3.68. The molecular formula is C17H29ClN2O. The molecule has 2 unspecified atom stereocenters. The van der Waals surface area contributed by atoms with Gasteiger partial charge in [0, 0.05) is 13.1 Å². The molecule has 4 heteroatoms. The van der Waals surface area contributed by atoms with E-state index in [2.05, 4.69) is 31.4 Å². The Labute approximate surface area is 135 Å². The molecule has 0 heterocycles. The summed E-state index contributed by atoms with van der Waals surface area (Å²) in [6.07, 6.45) is 2.12. The minimum absolute atomic E-state index is 0. The SMILES string of the molecule is CCCNCCNC(=O)C(c1ccccc1)C(C)CC.Cl. The van der Waals surface area contributed by atoms with Crippen LogP contribution in [0, 0.1) is 5.92 Å². The molecule has 120 valence electrons. The molecule has 0 aliphatic heterocycles. The van der Waals surface area contributed by atoms with Gasteiger partial charge >= 0.3 is 0 Å². The highest BCUT2D eigenvalue weighted by Crippen LogP contribution is 2.26. The number of hydrogen-bond donors (Lipinski definition) is 2. The minimum Gasteiger partial charge on any atom is -0.354 e. The summed E-state index contributed by atoms with van der Waals surface area (Å²) >= 11 is 0. The molecule has 21 heavy (non-hydrogen) atoms. The van der Waals surface area contributed by atoms with Gasteiger partial charge in [-0.15, -0.1) is 12.4 Å². The summed E-state index contributed by atoms with van der Waals surface area (Å²) in [4.78, 5) is 12.4. The summed E-state index contributed by atoms with van der Waals surface area (Å²) in [5.41, 5.74) is 1.11. The molecule has 3 nitrogen and oxygen atoms in total. The lowest BCUT2D eigenvalue weighted by Crippen LogP contribution is -2.37. The number of rotatable bonds is 9. The van der Waals surface area contributed by atoms with Crippen molar-refractivity contribution in [2.24, 2.45) is 5.92 Å². The average Bonchev–Trinajstić information content (AvgIpc) is 2.48. The molecule has 1 amide bonds. The lowest BCUT2D eigenvalue weighted by Gasteiger charge is -2.22. The van der Waals surface area contributed by atoms with Crippen LogP contribution in [0.15, 0.2) is 30.3 Å². The first-order valence-electron chi connectivity index (χ1n) is 7.74. The van der Waals surface area contributed by atoms with Crippen LogP contribution in [0.25, 0.3) is 0 Å². The zero-order valence-corrected chi connectivity index (χ0v) is 14.2. The topological polar surface area (TPSA) is 41.1 Å². The molecule has 1 aromatic rings. The smallest absolute Gasteiger partial charge is 0.227 e. The maximum Gasteiger partial charge on any atom is 0.227 e. The van der Waals surface area contributed by atoms with E-state index in [0.717, 1.165) is 31.5 Å². The maximum absolute atomic E-state index is 12.4. The van der Waals surface area contributed by atoms with Gasteiger partial charge in [-0.3, -0.25) is 4.79 Å². The molecule has 0 radical (unpaired) electrons. The number of carbonyl (C=O) groups is 1. The molecule has 0 spiro atoms. The number of benzene rings is 1. The predicted molar refractivity (Wildman–Crippen MR) is 92.1 cm³/mol. The van der Waals surface area contributed by atoms with Gasteiger partial charge in [-0.2, -0.15) is 0 Å². The standard InChI is InChI=1S/C17H28N2O.ClH/c1-4-11-18-12-13-19-17(20)16(14(3)5-2)15-9-7-6-8-10-15;/h6-10,14,16,18H,4-5,11-13H2,1-3H3,(H,19,20);1H. The first-order chi connectivity index (χ1) is 9.70. The quantitative estimate of drug-likeness (QED) is 0.687. The fraction of sp³-hybridized carbons (Fsp3) is 0.588. The molecule has 0 aliphatic rings. The Bertz CT molecular complexity index is 384. The third-order valence-corrected chi connectivity index (χ3v) is 3.68. The van der Waals surface area contributed by atoms with Crippen LogP contribution in [0.5, 0.6) is 0 Å². The Morgan fingerprint density at radius 2 is 1.76 bits per heavy atom. The van der Waals surface area contributed by atoms with Gasteiger partial charge in [0.15, 0.2) is 0 Å². The van der Waals surface area contributed by atoms with E-state index in [9.17, 15) is 4.79 Å². The van der Waals surface area contributed by atoms with Gasteiger partial charge < -0.3 is 10.6 Å². The van der Waals surface area contributed by atoms with Crippen molar-refractivity contribution in [1.82, 2.24) is 10.6 Å². The number of amides is 1. The van der Waals surface area contributed by atoms with Crippen molar-refractivity contribution in [2.75, 3.05) is 19.6 Å². The summed E-state index contributed by atoms with van der Waals surface area (Å²) < 4.78 is 0. The van der Waals surface area contributed by atoms with E-state index in [4.69, 9.17) is 0 Å². The average molecular weight is 313 g/mol. The van der Waals surface area contributed by atoms with E-state index in [-0.39, 0.29) is 24.2 Å². The van der Waals surface area contributed by atoms with Crippen LogP contribution in [0.2, 0.25) is 0 Å². The third kappa shape index (κ3) is 6.96. The van der Waals surface area contributed by atoms with Gasteiger partial charge in [0.25, 0.3) is 0 Å². The highest BCUT2D eigenvalue weighted by Gasteiger charge is 2.25. The fourth-order valence-electron chi connectivity index (χ4n) is 2.32. The Hall–Kier alpha value is -1.06. The van der Waals surface area contributed by atoms with Crippen LogP contribution in [-0.2, 0) is 4.79 Å². The van der Waals surface area contributed by atoms with E-state index in [0.29, 0.717) is 12.5 Å². The summed E-state index contributed by atoms with van der Waals surface area (Å²) in [6, 6.07) is 10.1. The van der Waals surface area contributed by atoms with E-state index in [1.807, 2.05) is 30.3 Å². The monoisotopic (exact) mass is 312 g/mol. The molecular weight excluding hydrogens is 284 g/mol. The molecule has 2 N–H and O–H groups in total. The van der Waals surface area contributed by atoms with Crippen LogP contribution < -0.4 is 10.6 Å². The predicted octanol–water partition coefficient (Wildman–Crippen LogP) is 3.35. The van der Waals surface area contributed by atoms with Gasteiger partial charge in [0.1, 0.15) is 0 Å². The van der Waals surface area contributed by atoms with Crippen molar-refractivity contribution in [3.63, 3.8) is 0 Å². The van der Waals surface area contributed by atoms with Crippen molar-refractivity contribution in [2.45, 2.75) is 39.5 Å². The van der Waals surface area contributed by atoms with Crippen molar-refractivity contribution < 1.29 is 4.79 Å². The number of halogens is 1. The molecule has 0 aliphatic carbocycles. The largest absolute Gasteiger partial charge is 0.354 e. The first-order valence-corrected chi connectivity index (χ1v) is 7.74. The summed E-state index contributed by atoms with van der Waals surface area (Å²) in [5.74, 6) is 0.442. The van der Waals surface area contributed by atoms with Crippen LogP contribution in [0.4, 0.5) is 0 Å². The molecule has 0 fully saturated rings. The molecule has 2 atom stereocenters. The Morgan fingerprint density at radius 3 is 2.33 bits per heavy atom. The molecule has 1 aromatic carbocycles. The van der Waals surface area contributed by atoms with E-state index < -0.39 is 0 Å². The highest BCUT2D eigenvalue weighted by molar-refractivity contribution is 5.85. The number of hydrogen-bond acceptors (Lipinski definition) is 2. The highest BCUT2D eigenvalue weighted by atomic mass is 35.5. The number of nitrogens with one attached hydrogen (secondary N) is 2. The van der Waals surface area contributed by atoms with E-state index in [1.165, 1.54) is 0 Å². The normalized spacial score (nSPS) is 13.1. The molecule has 1 rings (SSSR count). The lowest BCUT2D eigenvalue weighted by molar-refractivity contribution is -0.123. The Morgan fingerprint density at radius 1 is 1.10 bits per heavy atom. The summed E-state index contributed by atoms with van der Waals surface area (Å²) in [7, 11) is 0. The van der Waals surface area contributed by atoms with Crippen molar-refractivity contribution in [3.05, 3.63) is 35.9 Å². The Balaban J connectivity index is 0.00000400. The molecule has 0 saturated heterocycles. The molecule has 0 aromatic heterocycles. The zero-order valence-electron chi connectivity index (χ0n) is 13.4. The second-order valence-corrected chi connectivity index (χ2v) is 5.31. The van der Waals surface area contributed by atoms with Crippen molar-refractivity contribution >= 4 is 18.3 Å². The van der Waals surface area contributed by atoms with Gasteiger partial charge in [0.05, 0.1) is 5.92 Å². The summed E-state index contributed by atoms with van der Waals surface area (Å²) in [6.45, 7) is 8.95. The van der Waals surface area contributed by atoms with E-state index >= 15 is 0 Å². The Kier molecular flexibility index (Phi) is 11.0. The van der Waals surface area contributed by atoms with Gasteiger partial charge in [0.2, 0.25) is 5.91 Å². The molecule has 0 saturated carbocycles. The second-order valence-electron chi connectivity index (χ2n) is 5.31. The van der Waals surface area contributed by atoms with Gasteiger partial charge in [-0.05, 0) is 24.4 Å². The van der Waals surface area contributed by atoms with Crippen molar-refractivity contribution in [1.29, 1.82) is 0 Å². The lowest BCUT2D eigenvalue weighted by atomic mass is 9.85. The van der Waals surface area contributed by atoms with Gasteiger partial charge in [-0.25, -0.2) is 0 Å². The van der Waals surface area contributed by atoms with Gasteiger partial charge in [-0.1, -0.05) is 57.5 Å². The number of carbonyl (C=O) groups excluding carboxylic acids is 1. The van der Waals surface area contributed by atoms with Crippen LogP contribution in [0.3, 0.4) is 0 Å².